The summed E-state index contributed by atoms with van der Waals surface area (Å²) in [5.41, 5.74) is 0.602. The van der Waals surface area contributed by atoms with Crippen molar-refractivity contribution in [3.05, 3.63) is 23.5 Å². The number of rotatable bonds is 4. The minimum Gasteiger partial charge on any atom is -0.451 e. The molecule has 1 aromatic rings. The molecule has 1 aliphatic heterocycles. The average molecular weight is 292 g/mol. The van der Waals surface area contributed by atoms with Gasteiger partial charge in [-0.3, -0.25) is 9.59 Å². The van der Waals surface area contributed by atoms with Crippen LogP contribution in [0.5, 0.6) is 0 Å². The number of likely N-dealkylation sites (tertiary alicyclic amines) is 1. The second-order valence-corrected chi connectivity index (χ2v) is 5.23. The minimum absolute atomic E-state index is 0.133. The van der Waals surface area contributed by atoms with Gasteiger partial charge in [-0.1, -0.05) is 12.8 Å². The van der Waals surface area contributed by atoms with Gasteiger partial charge in [0.2, 0.25) is 0 Å². The molecule has 0 unspecified atom stereocenters. The van der Waals surface area contributed by atoms with Crippen LogP contribution in [0.4, 0.5) is 0 Å². The Bertz CT molecular complexity index is 528. The molecule has 1 amide bonds. The van der Waals surface area contributed by atoms with E-state index in [1.807, 2.05) is 0 Å². The number of carbonyl (C=O) groups excluding carboxylic acids is 3. The monoisotopic (exact) mass is 292 g/mol. The number of aromatic nitrogens is 1. The number of hydrogen-bond donors (Lipinski definition) is 1. The van der Waals surface area contributed by atoms with Crippen LogP contribution in [-0.2, 0) is 9.53 Å². The molecule has 0 spiro atoms. The fourth-order valence-corrected chi connectivity index (χ4v) is 2.33. The highest BCUT2D eigenvalue weighted by Gasteiger charge is 2.18. The number of ketones is 1. The fraction of sp³-hybridized carbons (Fsp3) is 0.533. The summed E-state index contributed by atoms with van der Waals surface area (Å²) < 4.78 is 5.00. The maximum absolute atomic E-state index is 12.0. The Morgan fingerprint density at radius 2 is 1.86 bits per heavy atom. The van der Waals surface area contributed by atoms with E-state index in [2.05, 4.69) is 4.98 Å². The highest BCUT2D eigenvalue weighted by atomic mass is 16.5. The molecule has 1 saturated heterocycles. The number of esters is 1. The predicted molar refractivity (Wildman–Crippen MR) is 76.1 cm³/mol. The van der Waals surface area contributed by atoms with Crippen molar-refractivity contribution >= 4 is 17.7 Å². The number of nitrogens with one attached hydrogen (secondary N) is 1. The van der Waals surface area contributed by atoms with Crippen LogP contribution in [0.15, 0.2) is 12.3 Å². The number of H-pyrrole nitrogens is 1. The summed E-state index contributed by atoms with van der Waals surface area (Å²) in [6, 6.07) is 1.43. The molecule has 2 heterocycles. The Kier molecular flexibility index (Phi) is 5.14. The summed E-state index contributed by atoms with van der Waals surface area (Å²) in [4.78, 5) is 39.4. The topological polar surface area (TPSA) is 79.5 Å². The van der Waals surface area contributed by atoms with Crippen molar-refractivity contribution in [2.24, 2.45) is 0 Å². The van der Waals surface area contributed by atoms with Crippen LogP contribution in [0.1, 0.15) is 53.5 Å². The van der Waals surface area contributed by atoms with Gasteiger partial charge in [-0.25, -0.2) is 4.79 Å². The smallest absolute Gasteiger partial charge is 0.355 e. The van der Waals surface area contributed by atoms with E-state index in [1.54, 1.807) is 4.90 Å². The zero-order valence-electron chi connectivity index (χ0n) is 12.2. The lowest BCUT2D eigenvalue weighted by atomic mass is 10.2. The molecule has 1 N–H and O–H groups in total. The SMILES string of the molecule is CC(=O)c1c[nH]c(C(=O)OCC(=O)N2CCCCCC2)c1. The molecule has 0 radical (unpaired) electrons. The number of Topliss-reactive ketones (excluding diaryl/α,β-unsaturated/α-hetero) is 1. The minimum atomic E-state index is -0.620. The van der Waals surface area contributed by atoms with Gasteiger partial charge in [-0.15, -0.1) is 0 Å². The van der Waals surface area contributed by atoms with Crippen LogP contribution < -0.4 is 0 Å². The van der Waals surface area contributed by atoms with Crippen LogP contribution in [0.2, 0.25) is 0 Å². The fourth-order valence-electron chi connectivity index (χ4n) is 2.33. The Labute approximate surface area is 123 Å². The van der Waals surface area contributed by atoms with Gasteiger partial charge < -0.3 is 14.6 Å². The highest BCUT2D eigenvalue weighted by Crippen LogP contribution is 2.10. The van der Waals surface area contributed by atoms with E-state index in [9.17, 15) is 14.4 Å². The standard InChI is InChI=1S/C15H20N2O4/c1-11(18)12-8-13(16-9-12)15(20)21-10-14(19)17-6-4-2-3-5-7-17/h8-9,16H,2-7,10H2,1H3. The number of amides is 1. The average Bonchev–Trinajstić information content (AvgIpc) is 2.81. The lowest BCUT2D eigenvalue weighted by Gasteiger charge is -2.19. The summed E-state index contributed by atoms with van der Waals surface area (Å²) >= 11 is 0. The van der Waals surface area contributed by atoms with Gasteiger partial charge in [-0.2, -0.15) is 0 Å². The Balaban J connectivity index is 1.84. The van der Waals surface area contributed by atoms with Gasteiger partial charge >= 0.3 is 5.97 Å². The van der Waals surface area contributed by atoms with Crippen LogP contribution in [-0.4, -0.2) is 47.2 Å². The number of nitrogens with zero attached hydrogens (tertiary/aromatic N) is 1. The van der Waals surface area contributed by atoms with Crippen LogP contribution >= 0.6 is 0 Å². The quantitative estimate of drug-likeness (QED) is 0.677. The second kappa shape index (κ2) is 7.06. The molecule has 0 atom stereocenters. The first-order valence-electron chi connectivity index (χ1n) is 7.22. The molecular weight excluding hydrogens is 272 g/mol. The maximum atomic E-state index is 12.0. The Morgan fingerprint density at radius 3 is 2.43 bits per heavy atom. The Hall–Kier alpha value is -2.11. The van der Waals surface area contributed by atoms with Gasteiger partial charge in [0.05, 0.1) is 0 Å². The van der Waals surface area contributed by atoms with E-state index in [0.29, 0.717) is 5.56 Å². The van der Waals surface area contributed by atoms with Gasteiger partial charge in [0.1, 0.15) is 5.69 Å². The summed E-state index contributed by atoms with van der Waals surface area (Å²) in [6.45, 7) is 2.62. The molecule has 114 valence electrons. The summed E-state index contributed by atoms with van der Waals surface area (Å²) in [5.74, 6) is -0.916. The van der Waals surface area contributed by atoms with Crippen molar-refractivity contribution in [2.45, 2.75) is 32.6 Å². The van der Waals surface area contributed by atoms with E-state index in [-0.39, 0.29) is 24.0 Å². The zero-order valence-corrected chi connectivity index (χ0v) is 12.2. The summed E-state index contributed by atoms with van der Waals surface area (Å²) in [5, 5.41) is 0. The van der Waals surface area contributed by atoms with E-state index in [4.69, 9.17) is 4.74 Å². The first kappa shape index (κ1) is 15.3. The molecule has 0 aliphatic carbocycles. The molecule has 6 nitrogen and oxygen atoms in total. The zero-order chi connectivity index (χ0) is 15.2. The largest absolute Gasteiger partial charge is 0.451 e. The number of ether oxygens (including phenoxy) is 1. The summed E-state index contributed by atoms with van der Waals surface area (Å²) in [6.07, 6.45) is 5.73. The Morgan fingerprint density at radius 1 is 1.19 bits per heavy atom. The maximum Gasteiger partial charge on any atom is 0.355 e. The lowest BCUT2D eigenvalue weighted by molar-refractivity contribution is -0.134. The van der Waals surface area contributed by atoms with Crippen LogP contribution in [0.3, 0.4) is 0 Å². The first-order chi connectivity index (χ1) is 10.1. The van der Waals surface area contributed by atoms with Gasteiger partial charge in [-0.05, 0) is 25.8 Å². The molecule has 1 fully saturated rings. The van der Waals surface area contributed by atoms with Gasteiger partial charge in [0, 0.05) is 24.8 Å². The predicted octanol–water partition coefficient (Wildman–Crippen LogP) is 1.78. The summed E-state index contributed by atoms with van der Waals surface area (Å²) in [7, 11) is 0. The molecule has 21 heavy (non-hydrogen) atoms. The molecule has 0 saturated carbocycles. The number of aromatic amines is 1. The van der Waals surface area contributed by atoms with Gasteiger partial charge in [0.15, 0.2) is 12.4 Å². The van der Waals surface area contributed by atoms with Crippen molar-refractivity contribution in [1.82, 2.24) is 9.88 Å². The molecule has 6 heteroatoms. The third kappa shape index (κ3) is 4.18. The highest BCUT2D eigenvalue weighted by molar-refractivity contribution is 5.97. The molecule has 1 aromatic heterocycles. The van der Waals surface area contributed by atoms with E-state index < -0.39 is 5.97 Å². The third-order valence-electron chi connectivity index (χ3n) is 3.59. The van der Waals surface area contributed by atoms with Crippen molar-refractivity contribution in [3.8, 4) is 0 Å². The molecule has 2 rings (SSSR count). The lowest BCUT2D eigenvalue weighted by Crippen LogP contribution is -2.35. The van der Waals surface area contributed by atoms with Crippen LogP contribution in [0.25, 0.3) is 0 Å². The molecule has 1 aliphatic rings. The van der Waals surface area contributed by atoms with E-state index in [1.165, 1.54) is 19.2 Å². The van der Waals surface area contributed by atoms with E-state index >= 15 is 0 Å². The van der Waals surface area contributed by atoms with Crippen molar-refractivity contribution < 1.29 is 19.1 Å². The molecule has 0 aromatic carbocycles. The second-order valence-electron chi connectivity index (χ2n) is 5.23. The molecular formula is C15H20N2O4. The number of hydrogen-bond acceptors (Lipinski definition) is 4. The van der Waals surface area contributed by atoms with Crippen molar-refractivity contribution in [3.63, 3.8) is 0 Å². The van der Waals surface area contributed by atoms with Crippen LogP contribution in [0, 0.1) is 0 Å². The van der Waals surface area contributed by atoms with Crippen molar-refractivity contribution in [2.75, 3.05) is 19.7 Å². The third-order valence-corrected chi connectivity index (χ3v) is 3.59. The van der Waals surface area contributed by atoms with E-state index in [0.717, 1.165) is 38.8 Å². The first-order valence-corrected chi connectivity index (χ1v) is 7.22. The van der Waals surface area contributed by atoms with Gasteiger partial charge in [0.25, 0.3) is 5.91 Å². The van der Waals surface area contributed by atoms with Crippen molar-refractivity contribution in [1.29, 1.82) is 0 Å². The number of carbonyl (C=O) groups is 3. The normalized spacial score (nSPS) is 15.4. The molecule has 0 bridgehead atoms.